The summed E-state index contributed by atoms with van der Waals surface area (Å²) in [6.07, 6.45) is 7.84. The molecular formula is C23H31NO7S. The number of sulfonamides is 1. The van der Waals surface area contributed by atoms with Crippen molar-refractivity contribution in [3.8, 4) is 5.75 Å². The SMILES string of the molecule is CS(=O)(=O)NC(=O)CCC/C=C/C[C@@H]1C(=O)C[C@H](O)[C@H]1/C=C/[C@@H](O)COc1ccccc1. The van der Waals surface area contributed by atoms with Crippen LogP contribution in [0.25, 0.3) is 0 Å². The van der Waals surface area contributed by atoms with E-state index in [0.717, 1.165) is 6.26 Å². The van der Waals surface area contributed by atoms with Gasteiger partial charge in [-0.25, -0.2) is 8.42 Å². The van der Waals surface area contributed by atoms with Gasteiger partial charge >= 0.3 is 0 Å². The van der Waals surface area contributed by atoms with Gasteiger partial charge < -0.3 is 14.9 Å². The average Bonchev–Trinajstić information content (AvgIpc) is 2.99. The van der Waals surface area contributed by atoms with Gasteiger partial charge in [-0.05, 0) is 31.4 Å². The van der Waals surface area contributed by atoms with Crippen LogP contribution in [0.5, 0.6) is 5.75 Å². The zero-order chi connectivity index (χ0) is 23.6. The minimum absolute atomic E-state index is 0.0284. The number of unbranched alkanes of at least 4 members (excludes halogenated alkanes) is 1. The largest absolute Gasteiger partial charge is 0.491 e. The van der Waals surface area contributed by atoms with Crippen molar-refractivity contribution in [3.05, 3.63) is 54.6 Å². The number of para-hydroxylation sites is 1. The highest BCUT2D eigenvalue weighted by Crippen LogP contribution is 2.33. The Morgan fingerprint density at radius 1 is 1.28 bits per heavy atom. The number of nitrogens with one attached hydrogen (secondary N) is 1. The fourth-order valence-electron chi connectivity index (χ4n) is 3.54. The summed E-state index contributed by atoms with van der Waals surface area (Å²) in [7, 11) is -3.54. The molecular weight excluding hydrogens is 434 g/mol. The van der Waals surface area contributed by atoms with E-state index in [0.29, 0.717) is 25.0 Å². The van der Waals surface area contributed by atoms with E-state index < -0.39 is 28.1 Å². The van der Waals surface area contributed by atoms with Gasteiger partial charge in [-0.2, -0.15) is 0 Å². The van der Waals surface area contributed by atoms with Gasteiger partial charge in [0.15, 0.2) is 0 Å². The van der Waals surface area contributed by atoms with Crippen LogP contribution in [0.2, 0.25) is 0 Å². The van der Waals surface area contributed by atoms with Crippen LogP contribution < -0.4 is 9.46 Å². The first-order chi connectivity index (χ1) is 15.2. The van der Waals surface area contributed by atoms with Crippen LogP contribution in [-0.2, 0) is 19.6 Å². The van der Waals surface area contributed by atoms with Gasteiger partial charge in [0, 0.05) is 24.7 Å². The molecule has 0 aliphatic heterocycles. The smallest absolute Gasteiger partial charge is 0.233 e. The van der Waals surface area contributed by atoms with Gasteiger partial charge in [0.2, 0.25) is 15.9 Å². The monoisotopic (exact) mass is 465 g/mol. The summed E-state index contributed by atoms with van der Waals surface area (Å²) in [5, 5.41) is 20.4. The third kappa shape index (κ3) is 9.33. The highest BCUT2D eigenvalue weighted by Gasteiger charge is 2.39. The van der Waals surface area contributed by atoms with Crippen LogP contribution in [0.15, 0.2) is 54.6 Å². The molecule has 1 fully saturated rings. The van der Waals surface area contributed by atoms with Crippen LogP contribution in [0.1, 0.15) is 32.1 Å². The van der Waals surface area contributed by atoms with Crippen molar-refractivity contribution < 1.29 is 33.0 Å². The highest BCUT2D eigenvalue weighted by molar-refractivity contribution is 7.89. The lowest BCUT2D eigenvalue weighted by molar-refractivity contribution is -0.121. The number of allylic oxidation sites excluding steroid dienone is 2. The summed E-state index contributed by atoms with van der Waals surface area (Å²) in [5.41, 5.74) is 0. The van der Waals surface area contributed by atoms with Crippen molar-refractivity contribution in [2.75, 3.05) is 12.9 Å². The minimum Gasteiger partial charge on any atom is -0.491 e. The number of aliphatic hydroxyl groups excluding tert-OH is 2. The zero-order valence-corrected chi connectivity index (χ0v) is 18.9. The molecule has 1 amide bonds. The average molecular weight is 466 g/mol. The maximum Gasteiger partial charge on any atom is 0.233 e. The second-order valence-corrected chi connectivity index (χ2v) is 9.64. The third-order valence-electron chi connectivity index (χ3n) is 5.08. The molecule has 9 heteroatoms. The number of benzene rings is 1. The van der Waals surface area contributed by atoms with E-state index in [4.69, 9.17) is 4.74 Å². The second-order valence-electron chi connectivity index (χ2n) is 7.89. The standard InChI is InChI=1S/C23H31NO7S/c1-32(29,30)24-23(28)12-8-3-2-7-11-19-20(22(27)15-21(19)26)14-13-17(25)16-31-18-9-5-4-6-10-18/h2,4-7,9-10,13-14,17,19-20,22,25,27H,3,8,11-12,15-16H2,1H3,(H,24,28)/b7-2+,14-13+/t17-,19+,20+,22+/m1/s1. The Bertz CT molecular complexity index is 912. The van der Waals surface area contributed by atoms with Crippen molar-refractivity contribution in [2.45, 2.75) is 44.3 Å². The fourth-order valence-corrected chi connectivity index (χ4v) is 4.05. The molecule has 0 radical (unpaired) electrons. The summed E-state index contributed by atoms with van der Waals surface area (Å²) in [4.78, 5) is 23.7. The Balaban J connectivity index is 1.78. The molecule has 4 atom stereocenters. The van der Waals surface area contributed by atoms with E-state index in [9.17, 15) is 28.2 Å². The maximum absolute atomic E-state index is 12.3. The topological polar surface area (TPSA) is 130 Å². The number of ketones is 1. The van der Waals surface area contributed by atoms with Crippen LogP contribution in [0.3, 0.4) is 0 Å². The molecule has 0 saturated heterocycles. The lowest BCUT2D eigenvalue weighted by Gasteiger charge is -2.17. The van der Waals surface area contributed by atoms with Crippen molar-refractivity contribution in [1.82, 2.24) is 4.72 Å². The van der Waals surface area contributed by atoms with Gasteiger partial charge in [-0.15, -0.1) is 0 Å². The molecule has 1 aliphatic carbocycles. The van der Waals surface area contributed by atoms with Gasteiger partial charge in [0.05, 0.1) is 12.4 Å². The molecule has 0 heterocycles. The molecule has 0 bridgehead atoms. The van der Waals surface area contributed by atoms with E-state index in [1.54, 1.807) is 24.3 Å². The molecule has 8 nitrogen and oxygen atoms in total. The van der Waals surface area contributed by atoms with E-state index in [1.165, 1.54) is 0 Å². The molecule has 1 aliphatic rings. The summed E-state index contributed by atoms with van der Waals surface area (Å²) in [5.74, 6) is -0.700. The number of hydrogen-bond donors (Lipinski definition) is 3. The third-order valence-corrected chi connectivity index (χ3v) is 5.68. The first kappa shape index (κ1) is 25.8. The summed E-state index contributed by atoms with van der Waals surface area (Å²) in [6, 6.07) is 9.11. The van der Waals surface area contributed by atoms with E-state index in [1.807, 2.05) is 35.1 Å². The summed E-state index contributed by atoms with van der Waals surface area (Å²) >= 11 is 0. The molecule has 1 aromatic rings. The lowest BCUT2D eigenvalue weighted by Crippen LogP contribution is -2.28. The predicted molar refractivity (Wildman–Crippen MR) is 120 cm³/mol. The van der Waals surface area contributed by atoms with E-state index in [-0.39, 0.29) is 37.1 Å². The Hall–Kier alpha value is -2.49. The molecule has 1 aromatic carbocycles. The summed E-state index contributed by atoms with van der Waals surface area (Å²) in [6.45, 7) is 0.0642. The maximum atomic E-state index is 12.3. The number of amides is 1. The Kier molecular flexibility index (Phi) is 10.1. The molecule has 3 N–H and O–H groups in total. The number of Topliss-reactive ketones (excluding diaryl/α,β-unsaturated/α-hetero) is 1. The summed E-state index contributed by atoms with van der Waals surface area (Å²) < 4.78 is 29.4. The number of ether oxygens (including phenoxy) is 1. The number of hydrogen-bond acceptors (Lipinski definition) is 7. The van der Waals surface area contributed by atoms with E-state index >= 15 is 0 Å². The van der Waals surface area contributed by atoms with Gasteiger partial charge in [-0.3, -0.25) is 14.3 Å². The Morgan fingerprint density at radius 3 is 2.69 bits per heavy atom. The van der Waals surface area contributed by atoms with Crippen molar-refractivity contribution in [1.29, 1.82) is 0 Å². The zero-order valence-electron chi connectivity index (χ0n) is 18.1. The molecule has 176 valence electrons. The molecule has 2 rings (SSSR count). The fraction of sp³-hybridized carbons (Fsp3) is 0.478. The normalized spacial score (nSPS) is 22.5. The number of rotatable bonds is 12. The molecule has 0 unspecified atom stereocenters. The van der Waals surface area contributed by atoms with Crippen LogP contribution in [-0.4, -0.2) is 55.4 Å². The Morgan fingerprint density at radius 2 is 2.00 bits per heavy atom. The van der Waals surface area contributed by atoms with Crippen LogP contribution in [0, 0.1) is 11.8 Å². The van der Waals surface area contributed by atoms with Gasteiger partial charge in [0.1, 0.15) is 24.2 Å². The molecule has 0 spiro atoms. The quantitative estimate of drug-likeness (QED) is 0.317. The first-order valence-corrected chi connectivity index (χ1v) is 12.5. The van der Waals surface area contributed by atoms with Crippen molar-refractivity contribution in [3.63, 3.8) is 0 Å². The van der Waals surface area contributed by atoms with Crippen molar-refractivity contribution in [2.24, 2.45) is 11.8 Å². The van der Waals surface area contributed by atoms with Crippen molar-refractivity contribution >= 4 is 21.7 Å². The predicted octanol–water partition coefficient (Wildman–Crippen LogP) is 1.74. The van der Waals surface area contributed by atoms with Crippen LogP contribution in [0.4, 0.5) is 0 Å². The number of carbonyl (C=O) groups is 2. The van der Waals surface area contributed by atoms with Crippen LogP contribution >= 0.6 is 0 Å². The van der Waals surface area contributed by atoms with Gasteiger partial charge in [0.25, 0.3) is 0 Å². The highest BCUT2D eigenvalue weighted by atomic mass is 32.2. The van der Waals surface area contributed by atoms with Gasteiger partial charge in [-0.1, -0.05) is 42.5 Å². The Labute approximate surface area is 189 Å². The number of carbonyl (C=O) groups excluding carboxylic acids is 2. The van der Waals surface area contributed by atoms with E-state index in [2.05, 4.69) is 0 Å². The minimum atomic E-state index is -3.54. The first-order valence-electron chi connectivity index (χ1n) is 10.6. The lowest BCUT2D eigenvalue weighted by atomic mass is 9.90. The second kappa shape index (κ2) is 12.5. The molecule has 0 aromatic heterocycles. The number of aliphatic hydroxyl groups is 2. The molecule has 1 saturated carbocycles. The molecule has 32 heavy (non-hydrogen) atoms.